The van der Waals surface area contributed by atoms with E-state index in [2.05, 4.69) is 15.2 Å². The van der Waals surface area contributed by atoms with Crippen LogP contribution in [0.4, 0.5) is 5.69 Å². The normalized spacial score (nSPS) is 10.7. The molecule has 0 bridgehead atoms. The molecule has 3 aromatic rings. The summed E-state index contributed by atoms with van der Waals surface area (Å²) < 4.78 is 13.2. The number of methoxy groups -OCH3 is 1. The topological polar surface area (TPSA) is 55.5 Å². The molecule has 0 aliphatic carbocycles. The second kappa shape index (κ2) is 9.61. The summed E-state index contributed by atoms with van der Waals surface area (Å²) in [6, 6.07) is 9.32. The van der Waals surface area contributed by atoms with Crippen molar-refractivity contribution in [3.63, 3.8) is 0 Å². The molecule has 148 valence electrons. The SMILES string of the molecule is COc1ccc(Cl)cc1NC(=S)N(CCCn1ccnc1)Cc1ccc(C)o1. The van der Waals surface area contributed by atoms with Gasteiger partial charge in [-0.15, -0.1) is 0 Å². The number of rotatable bonds is 8. The number of nitrogens with zero attached hydrogens (tertiary/aromatic N) is 3. The van der Waals surface area contributed by atoms with E-state index in [1.165, 1.54) is 0 Å². The second-order valence-corrected chi connectivity index (χ2v) is 7.19. The average molecular weight is 419 g/mol. The smallest absolute Gasteiger partial charge is 0.173 e. The fourth-order valence-electron chi connectivity index (χ4n) is 2.85. The van der Waals surface area contributed by atoms with Crippen LogP contribution in [0.3, 0.4) is 0 Å². The van der Waals surface area contributed by atoms with Gasteiger partial charge in [-0.3, -0.25) is 0 Å². The van der Waals surface area contributed by atoms with Crippen molar-refractivity contribution in [2.75, 3.05) is 19.0 Å². The summed E-state index contributed by atoms with van der Waals surface area (Å²) >= 11 is 11.8. The number of thiocarbonyl (C=S) groups is 1. The summed E-state index contributed by atoms with van der Waals surface area (Å²) in [6.07, 6.45) is 6.45. The number of imidazole rings is 1. The molecule has 1 aromatic carbocycles. The van der Waals surface area contributed by atoms with Crippen molar-refractivity contribution in [3.05, 3.63) is 65.6 Å². The molecule has 6 nitrogen and oxygen atoms in total. The lowest BCUT2D eigenvalue weighted by atomic mass is 10.3. The largest absolute Gasteiger partial charge is 0.495 e. The number of halogens is 1. The minimum atomic E-state index is 0.576. The summed E-state index contributed by atoms with van der Waals surface area (Å²) in [7, 11) is 1.62. The van der Waals surface area contributed by atoms with Crippen LogP contribution in [0.5, 0.6) is 5.75 Å². The molecular weight excluding hydrogens is 396 g/mol. The van der Waals surface area contributed by atoms with Crippen LogP contribution in [-0.2, 0) is 13.1 Å². The van der Waals surface area contributed by atoms with E-state index < -0.39 is 0 Å². The molecule has 28 heavy (non-hydrogen) atoms. The monoisotopic (exact) mass is 418 g/mol. The van der Waals surface area contributed by atoms with Gasteiger partial charge in [-0.2, -0.15) is 0 Å². The number of hydrogen-bond acceptors (Lipinski definition) is 4. The van der Waals surface area contributed by atoms with Crippen LogP contribution in [0.25, 0.3) is 0 Å². The van der Waals surface area contributed by atoms with E-state index in [4.69, 9.17) is 33.0 Å². The number of hydrogen-bond donors (Lipinski definition) is 1. The van der Waals surface area contributed by atoms with Crippen LogP contribution in [0.2, 0.25) is 5.02 Å². The lowest BCUT2D eigenvalue weighted by Crippen LogP contribution is -2.35. The number of nitrogens with one attached hydrogen (secondary N) is 1. The van der Waals surface area contributed by atoms with E-state index in [1.807, 2.05) is 42.2 Å². The van der Waals surface area contributed by atoms with Gasteiger partial charge in [0.25, 0.3) is 0 Å². The molecule has 0 saturated carbocycles. The van der Waals surface area contributed by atoms with E-state index in [0.29, 0.717) is 22.4 Å². The Kier molecular flexibility index (Phi) is 6.95. The van der Waals surface area contributed by atoms with Gasteiger partial charge in [0.15, 0.2) is 5.11 Å². The maximum atomic E-state index is 6.13. The van der Waals surface area contributed by atoms with Gasteiger partial charge in [0.2, 0.25) is 0 Å². The second-order valence-electron chi connectivity index (χ2n) is 6.36. The number of aryl methyl sites for hydroxylation is 2. The van der Waals surface area contributed by atoms with Gasteiger partial charge >= 0.3 is 0 Å². The zero-order chi connectivity index (χ0) is 19.9. The zero-order valence-corrected chi connectivity index (χ0v) is 17.5. The van der Waals surface area contributed by atoms with Gasteiger partial charge in [0.1, 0.15) is 17.3 Å². The van der Waals surface area contributed by atoms with Gasteiger partial charge in [-0.25, -0.2) is 4.98 Å². The number of anilines is 1. The van der Waals surface area contributed by atoms with Crippen molar-refractivity contribution in [3.8, 4) is 5.75 Å². The molecule has 0 saturated heterocycles. The molecule has 0 amide bonds. The molecule has 0 atom stereocenters. The fraction of sp³-hybridized carbons (Fsp3) is 0.300. The molecule has 0 radical (unpaired) electrons. The predicted octanol–water partition coefficient (Wildman–Crippen LogP) is 4.74. The van der Waals surface area contributed by atoms with Crippen LogP contribution in [0.1, 0.15) is 17.9 Å². The Morgan fingerprint density at radius 1 is 1.36 bits per heavy atom. The summed E-state index contributed by atoms with van der Waals surface area (Å²) in [5.74, 6) is 2.42. The first kappa shape index (κ1) is 20.2. The minimum Gasteiger partial charge on any atom is -0.495 e. The molecule has 2 aromatic heterocycles. The van der Waals surface area contributed by atoms with Gasteiger partial charge in [0, 0.05) is 30.5 Å². The molecule has 0 aliphatic heterocycles. The van der Waals surface area contributed by atoms with E-state index in [-0.39, 0.29) is 0 Å². The highest BCUT2D eigenvalue weighted by Gasteiger charge is 2.15. The Balaban J connectivity index is 1.70. The van der Waals surface area contributed by atoms with Gasteiger partial charge < -0.3 is 23.9 Å². The molecule has 0 unspecified atom stereocenters. The van der Waals surface area contributed by atoms with E-state index in [9.17, 15) is 0 Å². The van der Waals surface area contributed by atoms with Crippen molar-refractivity contribution < 1.29 is 9.15 Å². The van der Waals surface area contributed by atoms with Crippen molar-refractivity contribution in [1.29, 1.82) is 0 Å². The highest BCUT2D eigenvalue weighted by Crippen LogP contribution is 2.28. The van der Waals surface area contributed by atoms with Crippen LogP contribution < -0.4 is 10.1 Å². The molecule has 3 rings (SSSR count). The highest BCUT2D eigenvalue weighted by molar-refractivity contribution is 7.80. The average Bonchev–Trinajstić information content (AvgIpc) is 3.33. The number of furan rings is 1. The maximum absolute atomic E-state index is 6.13. The van der Waals surface area contributed by atoms with Crippen molar-refractivity contribution in [2.45, 2.75) is 26.4 Å². The third kappa shape index (κ3) is 5.50. The Bertz CT molecular complexity index is 911. The Hall–Kier alpha value is -2.51. The molecule has 8 heteroatoms. The lowest BCUT2D eigenvalue weighted by molar-refractivity contribution is 0.348. The standard InChI is InChI=1S/C20H23ClN4O2S/c1-15-4-6-17(27-15)13-25(10-3-9-24-11-8-22-14-24)20(28)23-18-12-16(21)5-7-19(18)26-2/h4-8,11-12,14H,3,9-10,13H2,1-2H3,(H,23,28). The van der Waals surface area contributed by atoms with E-state index >= 15 is 0 Å². The predicted molar refractivity (Wildman–Crippen MR) is 115 cm³/mol. The zero-order valence-electron chi connectivity index (χ0n) is 15.9. The number of benzene rings is 1. The molecule has 2 heterocycles. The van der Waals surface area contributed by atoms with Gasteiger partial charge in [-0.1, -0.05) is 11.6 Å². The lowest BCUT2D eigenvalue weighted by Gasteiger charge is -2.26. The third-order valence-corrected chi connectivity index (χ3v) is 4.83. The molecule has 0 spiro atoms. The molecule has 0 fully saturated rings. The van der Waals surface area contributed by atoms with E-state index in [1.54, 1.807) is 25.4 Å². The van der Waals surface area contributed by atoms with Crippen molar-refractivity contribution in [2.24, 2.45) is 0 Å². The van der Waals surface area contributed by atoms with Crippen LogP contribution in [-0.4, -0.2) is 33.2 Å². The summed E-state index contributed by atoms with van der Waals surface area (Å²) in [5, 5.41) is 4.45. The minimum absolute atomic E-state index is 0.576. The molecule has 1 N–H and O–H groups in total. The van der Waals surface area contributed by atoms with Crippen LogP contribution in [0, 0.1) is 6.92 Å². The van der Waals surface area contributed by atoms with Crippen molar-refractivity contribution >= 4 is 34.6 Å². The van der Waals surface area contributed by atoms with E-state index in [0.717, 1.165) is 36.7 Å². The quantitative estimate of drug-likeness (QED) is 0.533. The number of aromatic nitrogens is 2. The van der Waals surface area contributed by atoms with Gasteiger partial charge in [-0.05, 0) is 55.9 Å². The Morgan fingerprint density at radius 2 is 2.21 bits per heavy atom. The first-order valence-corrected chi connectivity index (χ1v) is 9.74. The first-order chi connectivity index (χ1) is 13.5. The number of ether oxygens (including phenoxy) is 1. The molecular formula is C20H23ClN4O2S. The van der Waals surface area contributed by atoms with Crippen LogP contribution in [0.15, 0.2) is 53.5 Å². The third-order valence-electron chi connectivity index (χ3n) is 4.24. The summed E-state index contributed by atoms with van der Waals surface area (Å²) in [4.78, 5) is 6.15. The Labute approximate surface area is 175 Å². The Morgan fingerprint density at radius 3 is 2.89 bits per heavy atom. The van der Waals surface area contributed by atoms with Crippen LogP contribution >= 0.6 is 23.8 Å². The maximum Gasteiger partial charge on any atom is 0.173 e. The van der Waals surface area contributed by atoms with Gasteiger partial charge in [0.05, 0.1) is 25.7 Å². The highest BCUT2D eigenvalue weighted by atomic mass is 35.5. The first-order valence-electron chi connectivity index (χ1n) is 8.95. The molecule has 0 aliphatic rings. The van der Waals surface area contributed by atoms with Crippen molar-refractivity contribution in [1.82, 2.24) is 14.5 Å². The summed E-state index contributed by atoms with van der Waals surface area (Å²) in [5.41, 5.74) is 0.732. The fourth-order valence-corrected chi connectivity index (χ4v) is 3.28. The summed E-state index contributed by atoms with van der Waals surface area (Å²) in [6.45, 7) is 4.12.